The van der Waals surface area contributed by atoms with Crippen LogP contribution in [-0.2, 0) is 6.54 Å². The minimum atomic E-state index is 0.712. The van der Waals surface area contributed by atoms with Crippen LogP contribution in [-0.4, -0.2) is 9.55 Å². The molecule has 2 aromatic carbocycles. The number of hydrogen-bond acceptors (Lipinski definition) is 2. The minimum absolute atomic E-state index is 0.712. The van der Waals surface area contributed by atoms with Crippen LogP contribution in [0.5, 0.6) is 0 Å². The Balaban J connectivity index is 2.24. The van der Waals surface area contributed by atoms with Crippen LogP contribution in [0.1, 0.15) is 18.9 Å². The van der Waals surface area contributed by atoms with E-state index >= 15 is 0 Å². The van der Waals surface area contributed by atoms with Gasteiger partial charge >= 0.3 is 0 Å². The van der Waals surface area contributed by atoms with Crippen molar-refractivity contribution in [1.82, 2.24) is 9.55 Å². The molecule has 21 heavy (non-hydrogen) atoms. The number of nitrogens with zero attached hydrogens (tertiary/aromatic N) is 2. The lowest BCUT2D eigenvalue weighted by molar-refractivity contribution is 0.704. The first-order valence-corrected chi connectivity index (χ1v) is 7.50. The van der Waals surface area contributed by atoms with Gasteiger partial charge in [0.15, 0.2) is 0 Å². The average molecular weight is 300 g/mol. The first kappa shape index (κ1) is 14.0. The monoisotopic (exact) mass is 299 g/mol. The average Bonchev–Trinajstić information content (AvgIpc) is 2.80. The summed E-state index contributed by atoms with van der Waals surface area (Å²) in [6, 6.07) is 11.9. The lowest BCUT2D eigenvalue weighted by Gasteiger charge is -2.09. The fourth-order valence-electron chi connectivity index (χ4n) is 2.59. The molecule has 0 fully saturated rings. The van der Waals surface area contributed by atoms with Crippen molar-refractivity contribution in [3.63, 3.8) is 0 Å². The number of aryl methyl sites for hydroxylation is 2. The number of fused-ring (bicyclic) bond motifs is 1. The molecule has 2 N–H and O–H groups in total. The fourth-order valence-corrected chi connectivity index (χ4v) is 2.75. The minimum Gasteiger partial charge on any atom is -0.399 e. The largest absolute Gasteiger partial charge is 0.399 e. The molecule has 3 nitrogen and oxygen atoms in total. The standard InChI is InChI=1S/C17H18ClN3/c1-3-8-21-16-7-5-13(18)10-15(16)20-17(21)12-4-6-14(19)11(2)9-12/h4-7,9-10H,3,8,19H2,1-2H3. The van der Waals surface area contributed by atoms with Crippen molar-refractivity contribution in [3.8, 4) is 11.4 Å². The summed E-state index contributed by atoms with van der Waals surface area (Å²) in [6.07, 6.45) is 1.05. The molecule has 0 saturated carbocycles. The second-order valence-corrected chi connectivity index (χ2v) is 5.73. The molecule has 0 saturated heterocycles. The molecule has 0 spiro atoms. The normalized spacial score (nSPS) is 11.2. The zero-order valence-corrected chi connectivity index (χ0v) is 13.0. The van der Waals surface area contributed by atoms with Crippen LogP contribution in [0.4, 0.5) is 5.69 Å². The van der Waals surface area contributed by atoms with Gasteiger partial charge in [-0.2, -0.15) is 0 Å². The molecule has 0 aliphatic carbocycles. The number of rotatable bonds is 3. The van der Waals surface area contributed by atoms with Gasteiger partial charge in [0.2, 0.25) is 0 Å². The van der Waals surface area contributed by atoms with E-state index in [4.69, 9.17) is 22.3 Å². The third-order valence-corrected chi connectivity index (χ3v) is 3.92. The van der Waals surface area contributed by atoms with Gasteiger partial charge in [-0.25, -0.2) is 4.98 Å². The number of anilines is 1. The van der Waals surface area contributed by atoms with E-state index in [0.29, 0.717) is 5.02 Å². The first-order valence-electron chi connectivity index (χ1n) is 7.12. The fraction of sp³-hybridized carbons (Fsp3) is 0.235. The Morgan fingerprint density at radius 1 is 1.19 bits per heavy atom. The van der Waals surface area contributed by atoms with E-state index in [1.807, 2.05) is 37.3 Å². The van der Waals surface area contributed by atoms with Gasteiger partial charge in [-0.3, -0.25) is 0 Å². The lowest BCUT2D eigenvalue weighted by Crippen LogP contribution is -2.00. The number of benzene rings is 2. The number of nitrogens with two attached hydrogens (primary N) is 1. The highest BCUT2D eigenvalue weighted by Crippen LogP contribution is 2.28. The zero-order valence-electron chi connectivity index (χ0n) is 12.2. The van der Waals surface area contributed by atoms with Crippen LogP contribution in [0, 0.1) is 6.92 Å². The summed E-state index contributed by atoms with van der Waals surface area (Å²) in [6.45, 7) is 5.11. The quantitative estimate of drug-likeness (QED) is 0.715. The maximum Gasteiger partial charge on any atom is 0.141 e. The summed E-state index contributed by atoms with van der Waals surface area (Å²) in [5.41, 5.74) is 10.9. The highest BCUT2D eigenvalue weighted by Gasteiger charge is 2.13. The van der Waals surface area contributed by atoms with Crippen molar-refractivity contribution in [2.24, 2.45) is 0 Å². The predicted octanol–water partition coefficient (Wildman–Crippen LogP) is 4.66. The molecule has 4 heteroatoms. The third-order valence-electron chi connectivity index (χ3n) is 3.69. The summed E-state index contributed by atoms with van der Waals surface area (Å²) in [5, 5.41) is 0.712. The van der Waals surface area contributed by atoms with Gasteiger partial charge in [-0.05, 0) is 55.3 Å². The molecular weight excluding hydrogens is 282 g/mol. The van der Waals surface area contributed by atoms with Gasteiger partial charge in [-0.1, -0.05) is 18.5 Å². The third kappa shape index (κ3) is 2.49. The highest BCUT2D eigenvalue weighted by atomic mass is 35.5. The molecule has 0 atom stereocenters. The van der Waals surface area contributed by atoms with Crippen LogP contribution < -0.4 is 5.73 Å². The SMILES string of the molecule is CCCn1c(-c2ccc(N)c(C)c2)nc2cc(Cl)ccc21. The Morgan fingerprint density at radius 3 is 2.71 bits per heavy atom. The van der Waals surface area contributed by atoms with Gasteiger partial charge in [-0.15, -0.1) is 0 Å². The molecule has 1 aromatic heterocycles. The van der Waals surface area contributed by atoms with Crippen molar-refractivity contribution in [3.05, 3.63) is 47.0 Å². The molecule has 0 aliphatic rings. The zero-order chi connectivity index (χ0) is 15.0. The Labute approximate surface area is 129 Å². The molecule has 0 bridgehead atoms. The molecule has 3 aromatic rings. The molecule has 0 aliphatic heterocycles. The number of hydrogen-bond donors (Lipinski definition) is 1. The van der Waals surface area contributed by atoms with E-state index in [1.54, 1.807) is 0 Å². The van der Waals surface area contributed by atoms with E-state index < -0.39 is 0 Å². The van der Waals surface area contributed by atoms with Crippen LogP contribution in [0.25, 0.3) is 22.4 Å². The van der Waals surface area contributed by atoms with Gasteiger partial charge in [0.05, 0.1) is 11.0 Å². The smallest absolute Gasteiger partial charge is 0.141 e. The van der Waals surface area contributed by atoms with Crippen LogP contribution in [0.2, 0.25) is 5.02 Å². The lowest BCUT2D eigenvalue weighted by atomic mass is 10.1. The van der Waals surface area contributed by atoms with Crippen molar-refractivity contribution in [2.75, 3.05) is 5.73 Å². The molecule has 3 rings (SSSR count). The predicted molar refractivity (Wildman–Crippen MR) is 89.6 cm³/mol. The van der Waals surface area contributed by atoms with Crippen LogP contribution >= 0.6 is 11.6 Å². The topological polar surface area (TPSA) is 43.8 Å². The Morgan fingerprint density at radius 2 is 2.00 bits per heavy atom. The maximum absolute atomic E-state index is 6.08. The highest BCUT2D eigenvalue weighted by molar-refractivity contribution is 6.31. The summed E-state index contributed by atoms with van der Waals surface area (Å²) < 4.78 is 2.25. The van der Waals surface area contributed by atoms with E-state index in [9.17, 15) is 0 Å². The molecule has 108 valence electrons. The van der Waals surface area contributed by atoms with Gasteiger partial charge < -0.3 is 10.3 Å². The van der Waals surface area contributed by atoms with Gasteiger partial charge in [0, 0.05) is 22.8 Å². The molecule has 0 unspecified atom stereocenters. The number of aromatic nitrogens is 2. The second-order valence-electron chi connectivity index (χ2n) is 5.29. The van der Waals surface area contributed by atoms with Crippen molar-refractivity contribution < 1.29 is 0 Å². The van der Waals surface area contributed by atoms with Gasteiger partial charge in [0.25, 0.3) is 0 Å². The first-order chi connectivity index (χ1) is 10.1. The van der Waals surface area contributed by atoms with Crippen molar-refractivity contribution >= 4 is 28.3 Å². The van der Waals surface area contributed by atoms with Crippen LogP contribution in [0.3, 0.4) is 0 Å². The van der Waals surface area contributed by atoms with E-state index in [2.05, 4.69) is 17.6 Å². The molecular formula is C17H18ClN3. The number of nitrogen functional groups attached to an aromatic ring is 1. The Kier molecular flexibility index (Phi) is 3.60. The summed E-state index contributed by atoms with van der Waals surface area (Å²) in [4.78, 5) is 4.77. The van der Waals surface area contributed by atoms with Crippen molar-refractivity contribution in [1.29, 1.82) is 0 Å². The molecule has 0 radical (unpaired) electrons. The maximum atomic E-state index is 6.08. The number of halogens is 1. The van der Waals surface area contributed by atoms with E-state index in [1.165, 1.54) is 0 Å². The Hall–Kier alpha value is -2.00. The molecule has 1 heterocycles. The van der Waals surface area contributed by atoms with Crippen LogP contribution in [0.15, 0.2) is 36.4 Å². The summed E-state index contributed by atoms with van der Waals surface area (Å²) in [7, 11) is 0. The summed E-state index contributed by atoms with van der Waals surface area (Å²) >= 11 is 6.08. The number of imidazole rings is 1. The second kappa shape index (κ2) is 5.41. The van der Waals surface area contributed by atoms with E-state index in [-0.39, 0.29) is 0 Å². The van der Waals surface area contributed by atoms with E-state index in [0.717, 1.165) is 46.6 Å². The van der Waals surface area contributed by atoms with Gasteiger partial charge in [0.1, 0.15) is 5.82 Å². The molecule has 0 amide bonds. The van der Waals surface area contributed by atoms with Crippen molar-refractivity contribution in [2.45, 2.75) is 26.8 Å². The summed E-state index contributed by atoms with van der Waals surface area (Å²) in [5.74, 6) is 0.970. The Bertz CT molecular complexity index is 805.